The Labute approximate surface area is 117 Å². The number of ether oxygens (including phenoxy) is 1. The van der Waals surface area contributed by atoms with Crippen molar-refractivity contribution in [3.8, 4) is 11.6 Å². The number of benzene rings is 2. The summed E-state index contributed by atoms with van der Waals surface area (Å²) in [5, 5.41) is 2.13. The minimum absolute atomic E-state index is 0.0407. The van der Waals surface area contributed by atoms with Gasteiger partial charge in [-0.2, -0.15) is 0 Å². The van der Waals surface area contributed by atoms with Crippen LogP contribution in [0.4, 0.5) is 0 Å². The first-order chi connectivity index (χ1) is 9.22. The van der Waals surface area contributed by atoms with Crippen LogP contribution in [0, 0.1) is 0 Å². The zero-order valence-corrected chi connectivity index (χ0v) is 11.3. The molecule has 0 amide bonds. The van der Waals surface area contributed by atoms with E-state index in [0.717, 1.165) is 15.2 Å². The molecule has 19 heavy (non-hydrogen) atoms. The largest absolute Gasteiger partial charge is 0.435 e. The third-order valence-electron chi connectivity index (χ3n) is 2.66. The maximum absolute atomic E-state index is 11.5. The Bertz CT molecular complexity index is 799. The number of aromatic nitrogens is 2. The number of hydrogen-bond acceptors (Lipinski definition) is 3. The maximum atomic E-state index is 11.5. The minimum Gasteiger partial charge on any atom is -0.435 e. The van der Waals surface area contributed by atoms with Gasteiger partial charge in [0.1, 0.15) is 5.75 Å². The van der Waals surface area contributed by atoms with Crippen LogP contribution in [0.3, 0.4) is 0 Å². The van der Waals surface area contributed by atoms with E-state index in [9.17, 15) is 4.79 Å². The van der Waals surface area contributed by atoms with E-state index in [4.69, 9.17) is 4.74 Å². The number of nitrogens with one attached hydrogen (secondary N) is 1. The third kappa shape index (κ3) is 2.51. The van der Waals surface area contributed by atoms with Crippen molar-refractivity contribution in [3.05, 3.63) is 63.6 Å². The molecule has 0 atom stereocenters. The number of nitrogens with zero attached hydrogens (tertiary/aromatic N) is 1. The summed E-state index contributed by atoms with van der Waals surface area (Å²) in [5.41, 5.74) is -0.349. The molecular weight excluding hydrogens is 308 g/mol. The summed E-state index contributed by atoms with van der Waals surface area (Å²) in [6, 6.07) is 11.6. The SMILES string of the molecule is O=c1[nH]ccnc1Oc1ccc2cc(Br)ccc2c1. The third-order valence-corrected chi connectivity index (χ3v) is 3.16. The second-order valence-electron chi connectivity index (χ2n) is 3.98. The quantitative estimate of drug-likeness (QED) is 0.787. The predicted molar refractivity (Wildman–Crippen MR) is 76.6 cm³/mol. The summed E-state index contributed by atoms with van der Waals surface area (Å²) in [4.78, 5) is 17.9. The van der Waals surface area contributed by atoms with Gasteiger partial charge in [0, 0.05) is 16.9 Å². The lowest BCUT2D eigenvalue weighted by Crippen LogP contribution is -2.09. The van der Waals surface area contributed by atoms with Gasteiger partial charge in [-0.25, -0.2) is 4.98 Å². The van der Waals surface area contributed by atoms with E-state index in [1.54, 1.807) is 0 Å². The van der Waals surface area contributed by atoms with Crippen molar-refractivity contribution in [1.82, 2.24) is 9.97 Å². The highest BCUT2D eigenvalue weighted by Gasteiger charge is 2.04. The van der Waals surface area contributed by atoms with E-state index in [2.05, 4.69) is 25.9 Å². The molecule has 3 aromatic rings. The van der Waals surface area contributed by atoms with Crippen molar-refractivity contribution in [2.45, 2.75) is 0 Å². The topological polar surface area (TPSA) is 55.0 Å². The van der Waals surface area contributed by atoms with Gasteiger partial charge in [0.05, 0.1) is 0 Å². The van der Waals surface area contributed by atoms with Gasteiger partial charge >= 0.3 is 5.56 Å². The molecule has 4 nitrogen and oxygen atoms in total. The molecule has 0 spiro atoms. The van der Waals surface area contributed by atoms with Crippen molar-refractivity contribution in [1.29, 1.82) is 0 Å². The summed E-state index contributed by atoms with van der Waals surface area (Å²) in [6.07, 6.45) is 2.95. The van der Waals surface area contributed by atoms with Gasteiger partial charge in [-0.3, -0.25) is 4.79 Å². The Morgan fingerprint density at radius 1 is 1.11 bits per heavy atom. The van der Waals surface area contributed by atoms with E-state index in [-0.39, 0.29) is 11.4 Å². The minimum atomic E-state index is -0.349. The van der Waals surface area contributed by atoms with E-state index in [1.165, 1.54) is 12.4 Å². The van der Waals surface area contributed by atoms with Crippen LogP contribution in [0.1, 0.15) is 0 Å². The molecule has 0 aliphatic carbocycles. The van der Waals surface area contributed by atoms with Crippen molar-refractivity contribution in [2.75, 3.05) is 0 Å². The molecule has 0 radical (unpaired) electrons. The van der Waals surface area contributed by atoms with Gasteiger partial charge in [0.15, 0.2) is 0 Å². The summed E-state index contributed by atoms with van der Waals surface area (Å²) < 4.78 is 6.50. The van der Waals surface area contributed by atoms with Gasteiger partial charge < -0.3 is 9.72 Å². The molecule has 2 aromatic carbocycles. The number of halogens is 1. The van der Waals surface area contributed by atoms with Crippen molar-refractivity contribution >= 4 is 26.7 Å². The van der Waals surface area contributed by atoms with Crippen LogP contribution in [-0.2, 0) is 0 Å². The van der Waals surface area contributed by atoms with Crippen LogP contribution in [0.2, 0.25) is 0 Å². The monoisotopic (exact) mass is 316 g/mol. The predicted octanol–water partition coefficient (Wildman–Crippen LogP) is 3.48. The highest BCUT2D eigenvalue weighted by Crippen LogP contribution is 2.25. The summed E-state index contributed by atoms with van der Waals surface area (Å²) in [7, 11) is 0. The fourth-order valence-electron chi connectivity index (χ4n) is 1.78. The first-order valence-corrected chi connectivity index (χ1v) is 6.42. The molecule has 0 saturated heterocycles. The van der Waals surface area contributed by atoms with Gasteiger partial charge in [0.2, 0.25) is 0 Å². The van der Waals surface area contributed by atoms with Crippen LogP contribution in [0.25, 0.3) is 10.8 Å². The lowest BCUT2D eigenvalue weighted by Gasteiger charge is -2.05. The van der Waals surface area contributed by atoms with E-state index >= 15 is 0 Å². The zero-order chi connectivity index (χ0) is 13.2. The molecule has 0 unspecified atom stereocenters. The smallest absolute Gasteiger partial charge is 0.311 e. The summed E-state index contributed by atoms with van der Waals surface area (Å²) in [6.45, 7) is 0. The molecule has 0 fully saturated rings. The highest BCUT2D eigenvalue weighted by atomic mass is 79.9. The molecule has 3 rings (SSSR count). The normalized spacial score (nSPS) is 10.6. The van der Waals surface area contributed by atoms with Crippen LogP contribution in [-0.4, -0.2) is 9.97 Å². The molecule has 0 saturated carbocycles. The first-order valence-electron chi connectivity index (χ1n) is 5.63. The van der Waals surface area contributed by atoms with E-state index in [0.29, 0.717) is 5.75 Å². The second kappa shape index (κ2) is 4.85. The lowest BCUT2D eigenvalue weighted by molar-refractivity contribution is 0.455. The van der Waals surface area contributed by atoms with Crippen LogP contribution >= 0.6 is 15.9 Å². The fourth-order valence-corrected chi connectivity index (χ4v) is 2.16. The number of aromatic amines is 1. The fraction of sp³-hybridized carbons (Fsp3) is 0. The Balaban J connectivity index is 2.00. The summed E-state index contributed by atoms with van der Waals surface area (Å²) in [5.74, 6) is 0.623. The Morgan fingerprint density at radius 3 is 2.74 bits per heavy atom. The van der Waals surface area contributed by atoms with Gasteiger partial charge in [-0.05, 0) is 35.0 Å². The van der Waals surface area contributed by atoms with Crippen LogP contribution < -0.4 is 10.3 Å². The van der Waals surface area contributed by atoms with Crippen LogP contribution in [0.5, 0.6) is 11.6 Å². The number of hydrogen-bond donors (Lipinski definition) is 1. The summed E-state index contributed by atoms with van der Waals surface area (Å²) >= 11 is 3.43. The molecule has 0 aliphatic rings. The average molecular weight is 317 g/mol. The molecule has 1 heterocycles. The molecule has 1 N–H and O–H groups in total. The molecule has 0 bridgehead atoms. The average Bonchev–Trinajstić information content (AvgIpc) is 2.41. The highest BCUT2D eigenvalue weighted by molar-refractivity contribution is 9.10. The standard InChI is InChI=1S/C14H9BrN2O2/c15-11-3-1-10-8-12(4-2-9(10)7-11)19-14-13(18)16-5-6-17-14/h1-8H,(H,16,18). The Morgan fingerprint density at radius 2 is 1.89 bits per heavy atom. The molecule has 0 aliphatic heterocycles. The van der Waals surface area contributed by atoms with E-state index < -0.39 is 0 Å². The number of rotatable bonds is 2. The van der Waals surface area contributed by atoms with Crippen molar-refractivity contribution in [3.63, 3.8) is 0 Å². The molecule has 5 heteroatoms. The molecular formula is C14H9BrN2O2. The molecule has 1 aromatic heterocycles. The van der Waals surface area contributed by atoms with Crippen molar-refractivity contribution in [2.24, 2.45) is 0 Å². The Hall–Kier alpha value is -2.14. The van der Waals surface area contributed by atoms with Gasteiger partial charge in [-0.1, -0.05) is 28.1 Å². The first kappa shape index (κ1) is 11.9. The van der Waals surface area contributed by atoms with Crippen LogP contribution in [0.15, 0.2) is 58.1 Å². The van der Waals surface area contributed by atoms with Crippen molar-refractivity contribution < 1.29 is 4.74 Å². The molecule has 94 valence electrons. The van der Waals surface area contributed by atoms with E-state index in [1.807, 2.05) is 36.4 Å². The zero-order valence-electron chi connectivity index (χ0n) is 9.76. The lowest BCUT2D eigenvalue weighted by atomic mass is 10.1. The maximum Gasteiger partial charge on any atom is 0.311 e. The van der Waals surface area contributed by atoms with Gasteiger partial charge in [-0.15, -0.1) is 0 Å². The number of H-pyrrole nitrogens is 1. The number of fused-ring (bicyclic) bond motifs is 1. The second-order valence-corrected chi connectivity index (χ2v) is 4.89. The van der Waals surface area contributed by atoms with Gasteiger partial charge in [0.25, 0.3) is 5.88 Å². The Kier molecular flexibility index (Phi) is 3.05.